The fourth-order valence-corrected chi connectivity index (χ4v) is 3.86. The molecule has 30 heavy (non-hydrogen) atoms. The van der Waals surface area contributed by atoms with Gasteiger partial charge in [-0.2, -0.15) is 0 Å². The molecule has 0 spiro atoms. The molecule has 3 aromatic rings. The van der Waals surface area contributed by atoms with Gasteiger partial charge in [-0.05, 0) is 30.2 Å². The minimum atomic E-state index is -0.813. The largest absolute Gasteiger partial charge is 0.338 e. The fourth-order valence-electron chi connectivity index (χ4n) is 3.86. The predicted molar refractivity (Wildman–Crippen MR) is 111 cm³/mol. The lowest BCUT2D eigenvalue weighted by Crippen LogP contribution is -2.41. The van der Waals surface area contributed by atoms with Crippen LogP contribution in [0.25, 0.3) is 5.69 Å². The number of halogens is 1. The van der Waals surface area contributed by atoms with Crippen LogP contribution >= 0.6 is 0 Å². The molecule has 2 heterocycles. The lowest BCUT2D eigenvalue weighted by molar-refractivity contribution is -0.128. The Labute approximate surface area is 172 Å². The smallest absolute Gasteiger partial charge is 0.321 e. The summed E-state index contributed by atoms with van der Waals surface area (Å²) in [5.41, 5.74) is 0.339. The van der Waals surface area contributed by atoms with Crippen molar-refractivity contribution in [2.45, 2.75) is 26.4 Å². The quantitative estimate of drug-likeness (QED) is 0.611. The van der Waals surface area contributed by atoms with Crippen LogP contribution in [0.15, 0.2) is 70.5 Å². The van der Waals surface area contributed by atoms with E-state index in [4.69, 9.17) is 0 Å². The third-order valence-corrected chi connectivity index (χ3v) is 5.39. The molecule has 1 atom stereocenters. The number of carbonyl (C=O) groups is 1. The third-order valence-electron chi connectivity index (χ3n) is 5.39. The summed E-state index contributed by atoms with van der Waals surface area (Å²) in [4.78, 5) is 39.3. The molecule has 0 saturated carbocycles. The Balaban J connectivity index is 1.53. The highest BCUT2D eigenvalue weighted by Crippen LogP contribution is 2.21. The molecule has 2 aromatic carbocycles. The van der Waals surface area contributed by atoms with Gasteiger partial charge >= 0.3 is 11.1 Å². The maximum Gasteiger partial charge on any atom is 0.321 e. The molecular weight excluding hydrogens is 385 g/mol. The van der Waals surface area contributed by atoms with Gasteiger partial charge in [-0.25, -0.2) is 4.39 Å². The number of benzene rings is 2. The van der Waals surface area contributed by atoms with E-state index in [9.17, 15) is 18.8 Å². The molecule has 0 aliphatic carbocycles. The van der Waals surface area contributed by atoms with Crippen molar-refractivity contribution < 1.29 is 9.18 Å². The van der Waals surface area contributed by atoms with Crippen molar-refractivity contribution >= 4 is 5.91 Å². The number of rotatable bonds is 5. The first-order valence-electron chi connectivity index (χ1n) is 9.82. The SMILES string of the molecule is Cc1ccc(F)c(-n2ccn(CC3CC(=O)N(Cc4ccccc4)C3)c(=O)c2=O)c1. The second-order valence-corrected chi connectivity index (χ2v) is 7.72. The van der Waals surface area contributed by atoms with E-state index in [1.165, 1.54) is 29.1 Å². The summed E-state index contributed by atoms with van der Waals surface area (Å²) in [6.45, 7) is 3.10. The number of hydrogen-bond donors (Lipinski definition) is 0. The number of carbonyl (C=O) groups excluding carboxylic acids is 1. The summed E-state index contributed by atoms with van der Waals surface area (Å²) in [6, 6.07) is 14.1. The summed E-state index contributed by atoms with van der Waals surface area (Å²) in [7, 11) is 0. The van der Waals surface area contributed by atoms with E-state index in [1.54, 1.807) is 17.9 Å². The van der Waals surface area contributed by atoms with Crippen LogP contribution < -0.4 is 11.1 Å². The van der Waals surface area contributed by atoms with Crippen LogP contribution in [0.1, 0.15) is 17.5 Å². The van der Waals surface area contributed by atoms with Crippen LogP contribution in [-0.2, 0) is 17.9 Å². The van der Waals surface area contributed by atoms with Gasteiger partial charge in [0.05, 0.1) is 5.69 Å². The highest BCUT2D eigenvalue weighted by atomic mass is 19.1. The van der Waals surface area contributed by atoms with E-state index in [0.717, 1.165) is 15.7 Å². The normalized spacial score (nSPS) is 16.3. The Kier molecular flexibility index (Phi) is 5.35. The summed E-state index contributed by atoms with van der Waals surface area (Å²) < 4.78 is 16.5. The molecule has 0 radical (unpaired) electrons. The van der Waals surface area contributed by atoms with Crippen molar-refractivity contribution in [1.82, 2.24) is 14.0 Å². The predicted octanol–water partition coefficient (Wildman–Crippen LogP) is 2.50. The van der Waals surface area contributed by atoms with Crippen molar-refractivity contribution in [3.8, 4) is 5.69 Å². The van der Waals surface area contributed by atoms with E-state index in [1.807, 2.05) is 30.3 Å². The van der Waals surface area contributed by atoms with E-state index < -0.39 is 16.9 Å². The van der Waals surface area contributed by atoms with Crippen molar-refractivity contribution in [3.63, 3.8) is 0 Å². The van der Waals surface area contributed by atoms with Gasteiger partial charge in [0.1, 0.15) is 5.82 Å². The van der Waals surface area contributed by atoms with Crippen molar-refractivity contribution in [2.75, 3.05) is 6.54 Å². The zero-order chi connectivity index (χ0) is 21.3. The standard InChI is InChI=1S/C23H22FN3O3/c1-16-7-8-19(24)20(11-16)27-10-9-25(22(29)23(27)30)14-18-12-21(28)26(15-18)13-17-5-3-2-4-6-17/h2-11,18H,12-15H2,1H3. The molecule has 0 N–H and O–H groups in total. The number of amides is 1. The maximum absolute atomic E-state index is 14.1. The molecule has 1 unspecified atom stereocenters. The summed E-state index contributed by atoms with van der Waals surface area (Å²) in [5, 5.41) is 0. The molecular formula is C23H22FN3O3. The highest BCUT2D eigenvalue weighted by Gasteiger charge is 2.30. The zero-order valence-corrected chi connectivity index (χ0v) is 16.6. The molecule has 6 nitrogen and oxygen atoms in total. The summed E-state index contributed by atoms with van der Waals surface area (Å²) in [5.74, 6) is -0.602. The summed E-state index contributed by atoms with van der Waals surface area (Å²) >= 11 is 0. The molecule has 1 saturated heterocycles. The van der Waals surface area contributed by atoms with E-state index >= 15 is 0 Å². The van der Waals surface area contributed by atoms with Gasteiger partial charge in [-0.1, -0.05) is 36.4 Å². The highest BCUT2D eigenvalue weighted by molar-refractivity contribution is 5.78. The molecule has 1 aliphatic rings. The lowest BCUT2D eigenvalue weighted by Gasteiger charge is -2.17. The van der Waals surface area contributed by atoms with Crippen molar-refractivity contribution in [3.05, 3.63) is 98.6 Å². The van der Waals surface area contributed by atoms with Crippen LogP contribution in [0.4, 0.5) is 4.39 Å². The Morgan fingerprint density at radius 2 is 1.77 bits per heavy atom. The van der Waals surface area contributed by atoms with Gasteiger partial charge < -0.3 is 9.47 Å². The van der Waals surface area contributed by atoms with E-state index in [2.05, 4.69) is 0 Å². The lowest BCUT2D eigenvalue weighted by atomic mass is 10.1. The minimum absolute atomic E-state index is 0.0343. The number of nitrogens with zero attached hydrogens (tertiary/aromatic N) is 3. The topological polar surface area (TPSA) is 64.3 Å². The molecule has 1 aromatic heterocycles. The number of hydrogen-bond acceptors (Lipinski definition) is 3. The van der Waals surface area contributed by atoms with Crippen molar-refractivity contribution in [2.24, 2.45) is 5.92 Å². The summed E-state index contributed by atoms with van der Waals surface area (Å²) in [6.07, 6.45) is 3.21. The second kappa shape index (κ2) is 8.10. The number of likely N-dealkylation sites (tertiary alicyclic amines) is 1. The first-order valence-corrected chi connectivity index (χ1v) is 9.82. The number of aryl methyl sites for hydroxylation is 1. The minimum Gasteiger partial charge on any atom is -0.338 e. The monoisotopic (exact) mass is 407 g/mol. The molecule has 4 rings (SSSR count). The Morgan fingerprint density at radius 1 is 1.00 bits per heavy atom. The van der Waals surface area contributed by atoms with E-state index in [-0.39, 0.29) is 24.1 Å². The van der Waals surface area contributed by atoms with Crippen LogP contribution in [0.5, 0.6) is 0 Å². The zero-order valence-electron chi connectivity index (χ0n) is 16.6. The average molecular weight is 407 g/mol. The van der Waals surface area contributed by atoms with Crippen LogP contribution in [0.2, 0.25) is 0 Å². The molecule has 154 valence electrons. The number of aromatic nitrogens is 2. The Bertz CT molecular complexity index is 1200. The molecule has 1 fully saturated rings. The molecule has 1 aliphatic heterocycles. The van der Waals surface area contributed by atoms with Crippen LogP contribution in [-0.4, -0.2) is 26.5 Å². The van der Waals surface area contributed by atoms with Crippen LogP contribution in [0, 0.1) is 18.7 Å². The van der Waals surface area contributed by atoms with Crippen molar-refractivity contribution in [1.29, 1.82) is 0 Å². The first kappa shape index (κ1) is 19.8. The Morgan fingerprint density at radius 3 is 2.53 bits per heavy atom. The molecule has 1 amide bonds. The van der Waals surface area contributed by atoms with Gasteiger partial charge in [-0.3, -0.25) is 19.0 Å². The average Bonchev–Trinajstić information content (AvgIpc) is 3.07. The fraction of sp³-hybridized carbons (Fsp3) is 0.261. The van der Waals surface area contributed by atoms with Gasteiger partial charge in [0.25, 0.3) is 0 Å². The second-order valence-electron chi connectivity index (χ2n) is 7.72. The van der Waals surface area contributed by atoms with E-state index in [0.29, 0.717) is 19.5 Å². The Hall–Kier alpha value is -3.48. The molecule has 0 bridgehead atoms. The first-order chi connectivity index (χ1) is 14.4. The van der Waals surface area contributed by atoms with Gasteiger partial charge in [0.15, 0.2) is 0 Å². The van der Waals surface area contributed by atoms with Gasteiger partial charge in [0, 0.05) is 44.4 Å². The van der Waals surface area contributed by atoms with Gasteiger partial charge in [0.2, 0.25) is 5.91 Å². The molecule has 7 heteroatoms. The van der Waals surface area contributed by atoms with Gasteiger partial charge in [-0.15, -0.1) is 0 Å². The van der Waals surface area contributed by atoms with Crippen LogP contribution in [0.3, 0.4) is 0 Å². The third kappa shape index (κ3) is 3.96. The maximum atomic E-state index is 14.1.